The van der Waals surface area contributed by atoms with E-state index in [1.54, 1.807) is 0 Å². The Balaban J connectivity index is 3.60. The van der Waals surface area contributed by atoms with Gasteiger partial charge >= 0.3 is 0 Å². The van der Waals surface area contributed by atoms with Crippen LogP contribution in [0.5, 0.6) is 0 Å². The maximum atomic E-state index is 10.7. The van der Waals surface area contributed by atoms with Gasteiger partial charge in [0.2, 0.25) is 5.91 Å². The van der Waals surface area contributed by atoms with Crippen molar-refractivity contribution in [3.63, 3.8) is 0 Å². The lowest BCUT2D eigenvalue weighted by atomic mass is 10.1. The van der Waals surface area contributed by atoms with Gasteiger partial charge in [-0.1, -0.05) is 19.8 Å². The molecule has 0 bridgehead atoms. The summed E-state index contributed by atoms with van der Waals surface area (Å²) in [6.45, 7) is 4.49. The molecular formula is C8H17NO2. The van der Waals surface area contributed by atoms with Crippen LogP contribution in [0.3, 0.4) is 0 Å². The molecule has 0 radical (unpaired) electrons. The van der Waals surface area contributed by atoms with E-state index in [-0.39, 0.29) is 12.0 Å². The third-order valence-corrected chi connectivity index (χ3v) is 1.51. The topological polar surface area (TPSA) is 52.3 Å². The minimum atomic E-state index is -0.375. The van der Waals surface area contributed by atoms with Gasteiger partial charge in [0.1, 0.15) is 6.10 Å². The summed E-state index contributed by atoms with van der Waals surface area (Å²) in [4.78, 5) is 10.7. The number of carbonyl (C=O) groups is 1. The van der Waals surface area contributed by atoms with E-state index < -0.39 is 0 Å². The molecule has 0 heterocycles. The van der Waals surface area contributed by atoms with Crippen LogP contribution in [0.1, 0.15) is 33.1 Å². The van der Waals surface area contributed by atoms with Crippen LogP contribution < -0.4 is 5.73 Å². The van der Waals surface area contributed by atoms with Crippen molar-refractivity contribution in [2.24, 2.45) is 5.73 Å². The Kier molecular flexibility index (Phi) is 5.84. The molecule has 0 aliphatic rings. The first-order valence-electron chi connectivity index (χ1n) is 4.13. The second-order valence-electron chi connectivity index (χ2n) is 2.49. The summed E-state index contributed by atoms with van der Waals surface area (Å²) >= 11 is 0. The van der Waals surface area contributed by atoms with E-state index in [1.807, 2.05) is 6.92 Å². The minimum Gasteiger partial charge on any atom is -0.369 e. The van der Waals surface area contributed by atoms with E-state index >= 15 is 0 Å². The summed E-state index contributed by atoms with van der Waals surface area (Å²) in [6.07, 6.45) is 2.43. The first-order valence-corrected chi connectivity index (χ1v) is 4.13. The lowest BCUT2D eigenvalue weighted by molar-refractivity contribution is -0.129. The third kappa shape index (κ3) is 4.79. The molecule has 0 rings (SSSR count). The Morgan fingerprint density at radius 1 is 1.55 bits per heavy atom. The highest BCUT2D eigenvalue weighted by atomic mass is 16.5. The van der Waals surface area contributed by atoms with Crippen molar-refractivity contribution < 1.29 is 9.53 Å². The van der Waals surface area contributed by atoms with E-state index in [4.69, 9.17) is 10.5 Å². The maximum absolute atomic E-state index is 10.7. The first-order chi connectivity index (χ1) is 5.22. The highest BCUT2D eigenvalue weighted by Gasteiger charge is 2.13. The predicted octanol–water partition coefficient (Wildman–Crippen LogP) is 1.07. The van der Waals surface area contributed by atoms with Gasteiger partial charge < -0.3 is 10.5 Å². The highest BCUT2D eigenvalue weighted by Crippen LogP contribution is 2.03. The molecule has 3 heteroatoms. The van der Waals surface area contributed by atoms with Gasteiger partial charge in [-0.15, -0.1) is 0 Å². The van der Waals surface area contributed by atoms with Crippen LogP contribution in [0.2, 0.25) is 0 Å². The second kappa shape index (κ2) is 6.16. The number of amides is 1. The number of ether oxygens (including phenoxy) is 1. The zero-order valence-electron chi connectivity index (χ0n) is 7.30. The molecule has 0 saturated carbocycles. The molecule has 0 saturated heterocycles. The summed E-state index contributed by atoms with van der Waals surface area (Å²) in [5.41, 5.74) is 5.10. The van der Waals surface area contributed by atoms with Gasteiger partial charge in [0, 0.05) is 6.61 Å². The smallest absolute Gasteiger partial charge is 0.246 e. The number of nitrogens with two attached hydrogens (primary N) is 1. The van der Waals surface area contributed by atoms with Gasteiger partial charge in [-0.2, -0.15) is 0 Å². The molecule has 0 aromatic rings. The monoisotopic (exact) mass is 159 g/mol. The molecule has 66 valence electrons. The summed E-state index contributed by atoms with van der Waals surface area (Å²) < 4.78 is 5.13. The van der Waals surface area contributed by atoms with Crippen molar-refractivity contribution >= 4 is 5.91 Å². The fourth-order valence-electron chi connectivity index (χ4n) is 0.898. The molecule has 11 heavy (non-hydrogen) atoms. The molecule has 3 nitrogen and oxygen atoms in total. The standard InChI is InChI=1S/C8H17NO2/c1-3-5-6-7(8(9)10)11-4-2/h7H,3-6H2,1-2H3,(H2,9,10). The molecule has 0 aliphatic carbocycles. The van der Waals surface area contributed by atoms with Gasteiger partial charge in [-0.05, 0) is 13.3 Å². The number of carbonyl (C=O) groups excluding carboxylic acids is 1. The molecular weight excluding hydrogens is 142 g/mol. The zero-order valence-corrected chi connectivity index (χ0v) is 7.30. The lowest BCUT2D eigenvalue weighted by Gasteiger charge is -2.11. The van der Waals surface area contributed by atoms with Gasteiger partial charge in [-0.3, -0.25) is 4.79 Å². The van der Waals surface area contributed by atoms with Crippen molar-refractivity contribution in [3.8, 4) is 0 Å². The van der Waals surface area contributed by atoms with Crippen molar-refractivity contribution in [2.75, 3.05) is 6.61 Å². The van der Waals surface area contributed by atoms with Crippen molar-refractivity contribution in [1.29, 1.82) is 0 Å². The van der Waals surface area contributed by atoms with E-state index in [0.29, 0.717) is 6.61 Å². The first kappa shape index (κ1) is 10.4. The molecule has 1 unspecified atom stereocenters. The normalized spacial score (nSPS) is 12.9. The van der Waals surface area contributed by atoms with Gasteiger partial charge in [0.05, 0.1) is 0 Å². The van der Waals surface area contributed by atoms with Gasteiger partial charge in [0.25, 0.3) is 0 Å². The Bertz CT molecular complexity index is 115. The molecule has 0 aromatic heterocycles. The quantitative estimate of drug-likeness (QED) is 0.630. The maximum Gasteiger partial charge on any atom is 0.246 e. The molecule has 1 atom stereocenters. The average molecular weight is 159 g/mol. The highest BCUT2D eigenvalue weighted by molar-refractivity contribution is 5.78. The summed E-state index contributed by atoms with van der Waals surface area (Å²) in [5.74, 6) is -0.347. The van der Waals surface area contributed by atoms with E-state index in [0.717, 1.165) is 19.3 Å². The fourth-order valence-corrected chi connectivity index (χ4v) is 0.898. The number of primary amides is 1. The number of hydrogen-bond acceptors (Lipinski definition) is 2. The number of rotatable bonds is 6. The van der Waals surface area contributed by atoms with Crippen LogP contribution in [-0.4, -0.2) is 18.6 Å². The molecule has 2 N–H and O–H groups in total. The fraction of sp³-hybridized carbons (Fsp3) is 0.875. The van der Waals surface area contributed by atoms with E-state index in [9.17, 15) is 4.79 Å². The van der Waals surface area contributed by atoms with E-state index in [1.165, 1.54) is 0 Å². The van der Waals surface area contributed by atoms with Gasteiger partial charge in [0.15, 0.2) is 0 Å². The van der Waals surface area contributed by atoms with Crippen molar-refractivity contribution in [1.82, 2.24) is 0 Å². The van der Waals surface area contributed by atoms with Crippen LogP contribution in [-0.2, 0) is 9.53 Å². The van der Waals surface area contributed by atoms with Crippen LogP contribution in [0.15, 0.2) is 0 Å². The van der Waals surface area contributed by atoms with Crippen molar-refractivity contribution in [2.45, 2.75) is 39.2 Å². The van der Waals surface area contributed by atoms with Crippen molar-refractivity contribution in [3.05, 3.63) is 0 Å². The van der Waals surface area contributed by atoms with Gasteiger partial charge in [-0.25, -0.2) is 0 Å². The number of unbranched alkanes of at least 4 members (excludes halogenated alkanes) is 1. The predicted molar refractivity (Wildman–Crippen MR) is 44.1 cm³/mol. The molecule has 1 amide bonds. The Morgan fingerprint density at radius 2 is 2.18 bits per heavy atom. The minimum absolute atomic E-state index is 0.347. The Morgan fingerprint density at radius 3 is 2.55 bits per heavy atom. The second-order valence-corrected chi connectivity index (χ2v) is 2.49. The van der Waals surface area contributed by atoms with Crippen LogP contribution in [0.4, 0.5) is 0 Å². The summed E-state index contributed by atoms with van der Waals surface area (Å²) in [6, 6.07) is 0. The van der Waals surface area contributed by atoms with Crippen LogP contribution >= 0.6 is 0 Å². The Hall–Kier alpha value is -0.570. The average Bonchev–Trinajstić information content (AvgIpc) is 1.97. The SMILES string of the molecule is CCCCC(OCC)C(N)=O. The molecule has 0 aromatic carbocycles. The summed E-state index contributed by atoms with van der Waals surface area (Å²) in [5, 5.41) is 0. The lowest BCUT2D eigenvalue weighted by Crippen LogP contribution is -2.31. The number of hydrogen-bond donors (Lipinski definition) is 1. The zero-order chi connectivity index (χ0) is 8.69. The third-order valence-electron chi connectivity index (χ3n) is 1.51. The largest absolute Gasteiger partial charge is 0.369 e. The molecule has 0 fully saturated rings. The Labute approximate surface area is 67.9 Å². The van der Waals surface area contributed by atoms with Crippen LogP contribution in [0, 0.1) is 0 Å². The summed E-state index contributed by atoms with van der Waals surface area (Å²) in [7, 11) is 0. The molecule has 0 aliphatic heterocycles. The van der Waals surface area contributed by atoms with Crippen LogP contribution in [0.25, 0.3) is 0 Å². The van der Waals surface area contributed by atoms with E-state index in [2.05, 4.69) is 6.92 Å². The molecule has 0 spiro atoms.